The molecule has 5 nitrogen and oxygen atoms in total. The minimum absolute atomic E-state index is 0.0170. The van der Waals surface area contributed by atoms with Gasteiger partial charge in [-0.2, -0.15) is 0 Å². The lowest BCUT2D eigenvalue weighted by Crippen LogP contribution is -2.06. The Labute approximate surface area is 158 Å². The molecule has 0 radical (unpaired) electrons. The van der Waals surface area contributed by atoms with Crippen molar-refractivity contribution in [1.29, 1.82) is 0 Å². The average Bonchev–Trinajstić information content (AvgIpc) is 2.68. The number of carbonyl (C=O) groups excluding carboxylic acids is 1. The second kappa shape index (κ2) is 8.03. The van der Waals surface area contributed by atoms with Crippen molar-refractivity contribution < 1.29 is 14.7 Å². The van der Waals surface area contributed by atoms with Crippen molar-refractivity contribution in [3.8, 4) is 16.9 Å². The molecule has 0 aliphatic heterocycles. The monoisotopic (exact) mass is 362 g/mol. The molecule has 0 heterocycles. The van der Waals surface area contributed by atoms with Gasteiger partial charge in [-0.3, -0.25) is 10.0 Å². The molecule has 0 spiro atoms. The largest absolute Gasteiger partial charge is 0.733 e. The first-order valence-corrected chi connectivity index (χ1v) is 8.51. The lowest BCUT2D eigenvalue weighted by atomic mass is 9.96. The van der Waals surface area contributed by atoms with Crippen LogP contribution >= 0.6 is 0 Å². The molecule has 0 fully saturated rings. The van der Waals surface area contributed by atoms with Gasteiger partial charge >= 0.3 is 0 Å². The van der Waals surface area contributed by atoms with E-state index in [0.29, 0.717) is 12.0 Å². The van der Waals surface area contributed by atoms with Crippen LogP contribution in [-0.2, 0) is 6.42 Å². The van der Waals surface area contributed by atoms with Crippen LogP contribution in [0.2, 0.25) is 0 Å². The van der Waals surface area contributed by atoms with Crippen molar-refractivity contribution >= 4 is 11.5 Å². The quantitative estimate of drug-likeness (QED) is 0.501. The molecule has 5 heteroatoms. The Kier molecular flexibility index (Phi) is 5.54. The summed E-state index contributed by atoms with van der Waals surface area (Å²) in [5.41, 5.74) is 4.75. The molecule has 0 amide bonds. The number of ether oxygens (including phenoxy) is 1. The molecule has 0 unspecified atom stereocenters. The van der Waals surface area contributed by atoms with Gasteiger partial charge in [0.1, 0.15) is 5.75 Å². The maximum Gasteiger partial charge on any atom is 0.159 e. The van der Waals surface area contributed by atoms with Gasteiger partial charge in [0.2, 0.25) is 0 Å². The number of ketones is 1. The van der Waals surface area contributed by atoms with Gasteiger partial charge in [-0.05, 0) is 60.4 Å². The number of rotatable bonds is 6. The number of Topliss-reactive ketones (excluding diaryl/α,β-unsaturated/α-hetero) is 1. The third-order valence-electron chi connectivity index (χ3n) is 4.41. The standard InChI is InChI=1S/C22H20NO4/c1-15(24)18-4-3-5-19(14-18)21-13-17(8-11-22(21)27-2)12-16-6-9-20(10-7-16)23(25)26/h3-11,13-14,25H,12H2,1-2H3/q-1. The third-order valence-corrected chi connectivity index (χ3v) is 4.41. The summed E-state index contributed by atoms with van der Waals surface area (Å²) in [5, 5.41) is 19.7. The van der Waals surface area contributed by atoms with Gasteiger partial charge in [-0.15, -0.1) is 0 Å². The molecule has 0 saturated carbocycles. The van der Waals surface area contributed by atoms with Crippen LogP contribution in [0.4, 0.5) is 5.69 Å². The summed E-state index contributed by atoms with van der Waals surface area (Å²) in [6.45, 7) is 1.55. The maximum atomic E-state index is 11.7. The Balaban J connectivity index is 1.94. The second-order valence-corrected chi connectivity index (χ2v) is 6.29. The summed E-state index contributed by atoms with van der Waals surface area (Å²) in [4.78, 5) is 11.7. The molecule has 1 N–H and O–H groups in total. The number of hydrogen-bond donors (Lipinski definition) is 1. The molecule has 0 bridgehead atoms. The number of anilines is 1. The molecule has 138 valence electrons. The van der Waals surface area contributed by atoms with Crippen LogP contribution in [0.5, 0.6) is 5.75 Å². The van der Waals surface area contributed by atoms with Crippen molar-refractivity contribution in [3.63, 3.8) is 0 Å². The molecular formula is C22H20NO4-. The van der Waals surface area contributed by atoms with E-state index in [4.69, 9.17) is 9.94 Å². The van der Waals surface area contributed by atoms with Crippen LogP contribution < -0.4 is 9.96 Å². The van der Waals surface area contributed by atoms with Crippen LogP contribution in [0.25, 0.3) is 11.1 Å². The highest BCUT2D eigenvalue weighted by atomic mass is 16.8. The van der Waals surface area contributed by atoms with Crippen molar-refractivity contribution in [1.82, 2.24) is 0 Å². The molecule has 3 rings (SSSR count). The summed E-state index contributed by atoms with van der Waals surface area (Å²) in [5.74, 6) is 0.750. The van der Waals surface area contributed by atoms with Gasteiger partial charge in [0.25, 0.3) is 0 Å². The van der Waals surface area contributed by atoms with Gasteiger partial charge in [-0.25, -0.2) is 0 Å². The lowest BCUT2D eigenvalue weighted by molar-refractivity contribution is 0.101. The number of methoxy groups -OCH3 is 1. The predicted octanol–water partition coefficient (Wildman–Crippen LogP) is 4.85. The molecule has 3 aromatic carbocycles. The first-order valence-electron chi connectivity index (χ1n) is 8.51. The zero-order valence-corrected chi connectivity index (χ0v) is 15.2. The van der Waals surface area contributed by atoms with Crippen LogP contribution in [0.3, 0.4) is 0 Å². The van der Waals surface area contributed by atoms with Crippen molar-refractivity contribution in [3.05, 3.63) is 88.6 Å². The van der Waals surface area contributed by atoms with Gasteiger partial charge in [0.05, 0.1) is 12.8 Å². The summed E-state index contributed by atoms with van der Waals surface area (Å²) in [7, 11) is 1.62. The highest BCUT2D eigenvalue weighted by molar-refractivity contribution is 5.95. The van der Waals surface area contributed by atoms with E-state index >= 15 is 0 Å². The average molecular weight is 362 g/mol. The minimum Gasteiger partial charge on any atom is -0.733 e. The Bertz CT molecular complexity index is 949. The second-order valence-electron chi connectivity index (χ2n) is 6.29. The topological polar surface area (TPSA) is 72.8 Å². The van der Waals surface area contributed by atoms with E-state index in [2.05, 4.69) is 0 Å². The highest BCUT2D eigenvalue weighted by Crippen LogP contribution is 2.32. The fraction of sp³-hybridized carbons (Fsp3) is 0.136. The molecular weight excluding hydrogens is 342 g/mol. The zero-order chi connectivity index (χ0) is 19.4. The van der Waals surface area contributed by atoms with E-state index in [0.717, 1.165) is 28.0 Å². The Hall–Kier alpha value is -3.15. The Morgan fingerprint density at radius 1 is 1.04 bits per heavy atom. The van der Waals surface area contributed by atoms with Crippen molar-refractivity contribution in [2.75, 3.05) is 12.3 Å². The van der Waals surface area contributed by atoms with E-state index in [1.54, 1.807) is 44.4 Å². The third kappa shape index (κ3) is 4.34. The van der Waals surface area contributed by atoms with Gasteiger partial charge in [0.15, 0.2) is 5.78 Å². The molecule has 0 saturated heterocycles. The van der Waals surface area contributed by atoms with E-state index in [1.165, 1.54) is 0 Å². The van der Waals surface area contributed by atoms with Gasteiger partial charge < -0.3 is 15.2 Å². The van der Waals surface area contributed by atoms with Crippen molar-refractivity contribution in [2.45, 2.75) is 13.3 Å². The number of benzene rings is 3. The van der Waals surface area contributed by atoms with Crippen molar-refractivity contribution in [2.24, 2.45) is 0 Å². The molecule has 0 aliphatic carbocycles. The Morgan fingerprint density at radius 2 is 1.74 bits per heavy atom. The fourth-order valence-electron chi connectivity index (χ4n) is 2.97. The zero-order valence-electron chi connectivity index (χ0n) is 15.2. The van der Waals surface area contributed by atoms with Crippen LogP contribution in [0.1, 0.15) is 28.4 Å². The van der Waals surface area contributed by atoms with Crippen LogP contribution in [0.15, 0.2) is 66.7 Å². The van der Waals surface area contributed by atoms with E-state index in [-0.39, 0.29) is 16.7 Å². The number of nitrogens with zero attached hydrogens (tertiary/aromatic N) is 1. The summed E-state index contributed by atoms with van der Waals surface area (Å²) < 4.78 is 5.49. The normalized spacial score (nSPS) is 10.5. The lowest BCUT2D eigenvalue weighted by Gasteiger charge is -2.21. The number of carbonyl (C=O) groups is 1. The first-order chi connectivity index (χ1) is 13.0. The predicted molar refractivity (Wildman–Crippen MR) is 105 cm³/mol. The van der Waals surface area contributed by atoms with E-state index in [1.807, 2.05) is 36.4 Å². The molecule has 27 heavy (non-hydrogen) atoms. The van der Waals surface area contributed by atoms with E-state index in [9.17, 15) is 10.0 Å². The maximum absolute atomic E-state index is 11.7. The SMILES string of the molecule is COc1ccc(Cc2ccc(N([O-])O)cc2)cc1-c1cccc(C(C)=O)c1. The minimum atomic E-state index is -0.155. The highest BCUT2D eigenvalue weighted by Gasteiger charge is 2.10. The number of hydrogen-bond acceptors (Lipinski definition) is 5. The summed E-state index contributed by atoms with van der Waals surface area (Å²) in [6, 6.07) is 20.2. The molecule has 3 aromatic rings. The summed E-state index contributed by atoms with van der Waals surface area (Å²) >= 11 is 0. The molecule has 0 aliphatic rings. The van der Waals surface area contributed by atoms with Gasteiger partial charge in [-0.1, -0.05) is 36.4 Å². The van der Waals surface area contributed by atoms with Gasteiger partial charge in [0, 0.05) is 11.1 Å². The fourth-order valence-corrected chi connectivity index (χ4v) is 2.97. The molecule has 0 aromatic heterocycles. The summed E-state index contributed by atoms with van der Waals surface area (Å²) in [6.07, 6.45) is 0.661. The van der Waals surface area contributed by atoms with Crippen LogP contribution in [-0.4, -0.2) is 18.1 Å². The van der Waals surface area contributed by atoms with E-state index < -0.39 is 0 Å². The smallest absolute Gasteiger partial charge is 0.159 e. The Morgan fingerprint density at radius 3 is 2.37 bits per heavy atom. The van der Waals surface area contributed by atoms with Crippen LogP contribution in [0, 0.1) is 5.21 Å². The first kappa shape index (κ1) is 18.6. The molecule has 0 atom stereocenters.